The van der Waals surface area contributed by atoms with Crippen LogP contribution < -0.4 is 9.47 Å². The molecule has 1 unspecified atom stereocenters. The van der Waals surface area contributed by atoms with Gasteiger partial charge in [-0.05, 0) is 61.6 Å². The maximum absolute atomic E-state index is 13.0. The number of halogens is 1. The van der Waals surface area contributed by atoms with Gasteiger partial charge in [0.1, 0.15) is 12.4 Å². The average molecular weight is 540 g/mol. The Morgan fingerprint density at radius 1 is 0.895 bits per heavy atom. The molecule has 1 N–H and O–H groups in total. The number of unbranched alkanes of at least 4 members (excludes halogenated alkanes) is 1. The predicted molar refractivity (Wildman–Crippen MR) is 147 cm³/mol. The van der Waals surface area contributed by atoms with Gasteiger partial charge in [0, 0.05) is 19.6 Å². The largest absolute Gasteiger partial charge is 0.492 e. The number of carboxylic acid groups (broad SMARTS) is 1. The molecule has 0 aliphatic carbocycles. The molecule has 8 heteroatoms. The number of ether oxygens (including phenoxy) is 3. The lowest BCUT2D eigenvalue weighted by Gasteiger charge is -2.22. The number of benzene rings is 3. The Bertz CT molecular complexity index is 1140. The van der Waals surface area contributed by atoms with Crippen molar-refractivity contribution in [3.05, 3.63) is 95.0 Å². The summed E-state index contributed by atoms with van der Waals surface area (Å²) in [6.07, 6.45) is 1.59. The highest BCUT2D eigenvalue weighted by atomic mass is 35.5. The van der Waals surface area contributed by atoms with Gasteiger partial charge in [0.05, 0.1) is 11.6 Å². The van der Waals surface area contributed by atoms with Crippen molar-refractivity contribution in [2.75, 3.05) is 26.3 Å². The summed E-state index contributed by atoms with van der Waals surface area (Å²) in [5.74, 6) is -0.0445. The Morgan fingerprint density at radius 3 is 2.29 bits per heavy atom. The van der Waals surface area contributed by atoms with Crippen molar-refractivity contribution < 1.29 is 28.9 Å². The Balaban J connectivity index is 1.54. The monoisotopic (exact) mass is 539 g/mol. The van der Waals surface area contributed by atoms with Crippen LogP contribution in [0, 0.1) is 0 Å². The smallest absolute Gasteiger partial charge is 0.415 e. The summed E-state index contributed by atoms with van der Waals surface area (Å²) in [4.78, 5) is 25.9. The highest BCUT2D eigenvalue weighted by Gasteiger charge is 2.19. The molecule has 3 aromatic rings. The minimum absolute atomic E-state index is 0.270. The maximum atomic E-state index is 13.0. The van der Waals surface area contributed by atoms with Crippen molar-refractivity contribution in [2.45, 2.75) is 38.7 Å². The highest BCUT2D eigenvalue weighted by molar-refractivity contribution is 6.32. The molecular weight excluding hydrogens is 506 g/mol. The molecule has 0 fully saturated rings. The minimum Gasteiger partial charge on any atom is -0.492 e. The first kappa shape index (κ1) is 29.0. The van der Waals surface area contributed by atoms with E-state index in [2.05, 4.69) is 12.1 Å². The molecule has 0 aliphatic heterocycles. The number of carboxylic acids is 1. The standard InChI is InChI=1S/C30H34ClNO6/c1-2-36-28(29(33)34)22-24-15-17-25(18-16-24)37-21-20-32(19-9-8-12-23-10-4-3-5-11-23)30(35)38-27-14-7-6-13-26(27)31/h3-7,10-11,13-18,28H,2,8-9,12,19-22H2,1H3,(H,33,34). The second-order valence-electron chi connectivity index (χ2n) is 8.71. The molecule has 1 atom stereocenters. The Kier molecular flexibility index (Phi) is 11.9. The van der Waals surface area contributed by atoms with Crippen molar-refractivity contribution in [3.63, 3.8) is 0 Å². The molecule has 3 rings (SSSR count). The predicted octanol–water partition coefficient (Wildman–Crippen LogP) is 6.27. The number of carbonyl (C=O) groups is 2. The van der Waals surface area contributed by atoms with E-state index in [1.807, 2.05) is 30.3 Å². The van der Waals surface area contributed by atoms with E-state index in [1.54, 1.807) is 48.2 Å². The SMILES string of the molecule is CCOC(Cc1ccc(OCCN(CCCCc2ccccc2)C(=O)Oc2ccccc2Cl)cc1)C(=O)O. The number of nitrogens with zero attached hydrogens (tertiary/aromatic N) is 1. The summed E-state index contributed by atoms with van der Waals surface area (Å²) >= 11 is 6.17. The van der Waals surface area contributed by atoms with Crippen LogP contribution in [0.25, 0.3) is 0 Å². The van der Waals surface area contributed by atoms with E-state index in [0.29, 0.717) is 36.2 Å². The van der Waals surface area contributed by atoms with Crippen molar-refractivity contribution >= 4 is 23.7 Å². The molecule has 7 nitrogen and oxygen atoms in total. The first-order chi connectivity index (χ1) is 18.5. The average Bonchev–Trinajstić information content (AvgIpc) is 2.92. The summed E-state index contributed by atoms with van der Waals surface area (Å²) in [6.45, 7) is 3.23. The number of para-hydroxylation sites is 1. The Morgan fingerprint density at radius 2 is 1.61 bits per heavy atom. The van der Waals surface area contributed by atoms with Crippen LogP contribution in [0.2, 0.25) is 5.02 Å². The van der Waals surface area contributed by atoms with Crippen LogP contribution in [0.15, 0.2) is 78.9 Å². The van der Waals surface area contributed by atoms with Crippen molar-refractivity contribution in [2.24, 2.45) is 0 Å². The lowest BCUT2D eigenvalue weighted by molar-refractivity contribution is -0.149. The van der Waals surface area contributed by atoms with E-state index >= 15 is 0 Å². The number of rotatable bonds is 15. The zero-order valence-corrected chi connectivity index (χ0v) is 22.3. The fourth-order valence-electron chi connectivity index (χ4n) is 3.89. The van der Waals surface area contributed by atoms with E-state index in [1.165, 1.54) is 5.56 Å². The molecule has 202 valence electrons. The van der Waals surface area contributed by atoms with Crippen LogP contribution in [-0.4, -0.2) is 54.5 Å². The van der Waals surface area contributed by atoms with Crippen LogP contribution >= 0.6 is 11.6 Å². The summed E-state index contributed by atoms with van der Waals surface area (Å²) in [7, 11) is 0. The van der Waals surface area contributed by atoms with Gasteiger partial charge in [0.15, 0.2) is 11.9 Å². The van der Waals surface area contributed by atoms with Gasteiger partial charge < -0.3 is 24.2 Å². The topological polar surface area (TPSA) is 85.3 Å². The van der Waals surface area contributed by atoms with Gasteiger partial charge >= 0.3 is 12.1 Å². The van der Waals surface area contributed by atoms with Gasteiger partial charge in [-0.25, -0.2) is 9.59 Å². The molecule has 0 aromatic heterocycles. The van der Waals surface area contributed by atoms with Gasteiger partial charge in [-0.2, -0.15) is 0 Å². The van der Waals surface area contributed by atoms with E-state index in [9.17, 15) is 14.7 Å². The molecule has 0 spiro atoms. The van der Waals surface area contributed by atoms with Gasteiger partial charge in [0.25, 0.3) is 0 Å². The number of hydrogen-bond acceptors (Lipinski definition) is 5. The quantitative estimate of drug-likeness (QED) is 0.229. The van der Waals surface area contributed by atoms with Gasteiger partial charge in [-0.3, -0.25) is 0 Å². The normalized spacial score (nSPS) is 11.5. The molecule has 3 aromatic carbocycles. The minimum atomic E-state index is -0.986. The van der Waals surface area contributed by atoms with Crippen LogP contribution in [0.3, 0.4) is 0 Å². The third kappa shape index (κ3) is 9.72. The molecule has 0 aliphatic rings. The Labute approximate surface area is 228 Å². The first-order valence-electron chi connectivity index (χ1n) is 12.8. The number of hydrogen-bond donors (Lipinski definition) is 1. The highest BCUT2D eigenvalue weighted by Crippen LogP contribution is 2.24. The van der Waals surface area contributed by atoms with Crippen molar-refractivity contribution in [1.29, 1.82) is 0 Å². The number of amides is 1. The van der Waals surface area contributed by atoms with Crippen molar-refractivity contribution in [3.8, 4) is 11.5 Å². The molecule has 38 heavy (non-hydrogen) atoms. The number of aliphatic carboxylic acids is 1. The fourth-order valence-corrected chi connectivity index (χ4v) is 4.06. The van der Waals surface area contributed by atoms with Gasteiger partial charge in [0.2, 0.25) is 0 Å². The third-order valence-corrected chi connectivity index (χ3v) is 6.21. The van der Waals surface area contributed by atoms with E-state index in [0.717, 1.165) is 24.8 Å². The maximum Gasteiger partial charge on any atom is 0.415 e. The molecule has 1 amide bonds. The lowest BCUT2D eigenvalue weighted by atomic mass is 10.1. The number of aryl methyl sites for hydroxylation is 1. The molecule has 0 heterocycles. The molecule has 0 radical (unpaired) electrons. The van der Waals surface area contributed by atoms with E-state index in [-0.39, 0.29) is 13.0 Å². The van der Waals surface area contributed by atoms with Crippen LogP contribution in [0.1, 0.15) is 30.9 Å². The van der Waals surface area contributed by atoms with Gasteiger partial charge in [-0.1, -0.05) is 66.2 Å². The zero-order valence-electron chi connectivity index (χ0n) is 21.6. The molecular formula is C30H34ClNO6. The van der Waals surface area contributed by atoms with E-state index < -0.39 is 18.2 Å². The number of carbonyl (C=O) groups excluding carboxylic acids is 1. The zero-order chi connectivity index (χ0) is 27.2. The van der Waals surface area contributed by atoms with Crippen LogP contribution in [0.5, 0.6) is 11.5 Å². The fraction of sp³-hybridized carbons (Fsp3) is 0.333. The van der Waals surface area contributed by atoms with E-state index in [4.69, 9.17) is 25.8 Å². The lowest BCUT2D eigenvalue weighted by Crippen LogP contribution is -2.37. The van der Waals surface area contributed by atoms with Crippen LogP contribution in [-0.2, 0) is 22.4 Å². The first-order valence-corrected chi connectivity index (χ1v) is 13.2. The summed E-state index contributed by atoms with van der Waals surface area (Å²) in [6, 6.07) is 24.3. The molecule has 0 saturated heterocycles. The second kappa shape index (κ2) is 15.6. The van der Waals surface area contributed by atoms with Crippen molar-refractivity contribution in [1.82, 2.24) is 4.90 Å². The van der Waals surface area contributed by atoms with Gasteiger partial charge in [-0.15, -0.1) is 0 Å². The summed E-state index contributed by atoms with van der Waals surface area (Å²) in [5.41, 5.74) is 2.10. The summed E-state index contributed by atoms with van der Waals surface area (Å²) < 4.78 is 16.7. The molecule has 0 saturated carbocycles. The molecule has 0 bridgehead atoms. The van der Waals surface area contributed by atoms with Crippen LogP contribution in [0.4, 0.5) is 4.79 Å². The Hall–Kier alpha value is -3.55. The summed E-state index contributed by atoms with van der Waals surface area (Å²) in [5, 5.41) is 9.65. The third-order valence-electron chi connectivity index (χ3n) is 5.90. The second-order valence-corrected chi connectivity index (χ2v) is 9.11.